The van der Waals surface area contributed by atoms with Crippen LogP contribution in [0.15, 0.2) is 48.5 Å². The summed E-state index contributed by atoms with van der Waals surface area (Å²) in [5.41, 5.74) is 1.81. The van der Waals surface area contributed by atoms with Crippen LogP contribution in [-0.4, -0.2) is 78.8 Å². The lowest BCUT2D eigenvalue weighted by Crippen LogP contribution is -2.53. The third kappa shape index (κ3) is 9.11. The average Bonchev–Trinajstić information content (AvgIpc) is 3.42. The summed E-state index contributed by atoms with van der Waals surface area (Å²) in [6.07, 6.45) is 2.08. The highest BCUT2D eigenvalue weighted by atomic mass is 16.5. The van der Waals surface area contributed by atoms with Gasteiger partial charge in [-0.15, -0.1) is 0 Å². The van der Waals surface area contributed by atoms with Crippen LogP contribution < -0.4 is 30.9 Å². The minimum Gasteiger partial charge on any atom is -0.494 e. The summed E-state index contributed by atoms with van der Waals surface area (Å²) in [5.74, 6) is -2.63. The summed E-state index contributed by atoms with van der Waals surface area (Å²) in [4.78, 5) is 77.1. The van der Waals surface area contributed by atoms with Gasteiger partial charge in [0.1, 0.15) is 23.9 Å². The number of carbonyl (C=O) groups is 6. The van der Waals surface area contributed by atoms with Gasteiger partial charge >= 0.3 is 0 Å². The Morgan fingerprint density at radius 1 is 1.02 bits per heavy atom. The number of rotatable bonds is 9. The molecule has 5 amide bonds. The van der Waals surface area contributed by atoms with Gasteiger partial charge in [0.25, 0.3) is 5.91 Å². The molecule has 0 fully saturated rings. The molecule has 13 nitrogen and oxygen atoms in total. The fourth-order valence-electron chi connectivity index (χ4n) is 5.27. The molecule has 2 aromatic carbocycles. The number of anilines is 1. The maximum atomic E-state index is 13.3. The highest BCUT2D eigenvalue weighted by molar-refractivity contribution is 6.05. The summed E-state index contributed by atoms with van der Waals surface area (Å²) in [5, 5.41) is 20.4. The van der Waals surface area contributed by atoms with Crippen LogP contribution >= 0.6 is 0 Å². The molecule has 0 spiro atoms. The topological polar surface area (TPSA) is 183 Å². The Balaban J connectivity index is 1.34. The number of ketones is 1. The zero-order valence-electron chi connectivity index (χ0n) is 25.2. The van der Waals surface area contributed by atoms with Crippen LogP contribution in [0.2, 0.25) is 0 Å². The number of Topliss-reactive ketones (excluding diaryl/α,β-unsaturated/α-hetero) is 1. The number of hydrogen-bond donors (Lipinski definition) is 5. The van der Waals surface area contributed by atoms with Gasteiger partial charge in [0.2, 0.25) is 23.6 Å². The summed E-state index contributed by atoms with van der Waals surface area (Å²) in [6.45, 7) is 0.539. The maximum absolute atomic E-state index is 13.3. The second kappa shape index (κ2) is 15.8. The smallest absolute Gasteiger partial charge is 0.251 e. The third-order valence-corrected chi connectivity index (χ3v) is 7.66. The van der Waals surface area contributed by atoms with Crippen molar-refractivity contribution >= 4 is 41.0 Å². The molecule has 45 heavy (non-hydrogen) atoms. The number of amides is 5. The van der Waals surface area contributed by atoms with Crippen LogP contribution in [-0.2, 0) is 35.2 Å². The lowest BCUT2D eigenvalue weighted by molar-refractivity contribution is -0.133. The highest BCUT2D eigenvalue weighted by Gasteiger charge is 2.39. The van der Waals surface area contributed by atoms with Gasteiger partial charge in [0.05, 0.1) is 31.9 Å². The van der Waals surface area contributed by atoms with Gasteiger partial charge < -0.3 is 31.1 Å². The number of aliphatic hydroxyl groups is 1. The summed E-state index contributed by atoms with van der Waals surface area (Å²) in [6, 6.07) is 12.0. The Morgan fingerprint density at radius 3 is 2.53 bits per heavy atom. The zero-order chi connectivity index (χ0) is 32.3. The van der Waals surface area contributed by atoms with Crippen LogP contribution in [0.25, 0.3) is 0 Å². The van der Waals surface area contributed by atoms with E-state index in [9.17, 15) is 33.9 Å². The van der Waals surface area contributed by atoms with Crippen LogP contribution in [0.4, 0.5) is 5.69 Å². The van der Waals surface area contributed by atoms with E-state index in [2.05, 4.69) is 21.3 Å². The number of carbonyl (C=O) groups excluding carboxylic acids is 6. The normalized spacial score (nSPS) is 18.3. The van der Waals surface area contributed by atoms with E-state index >= 15 is 0 Å². The largest absolute Gasteiger partial charge is 0.494 e. The van der Waals surface area contributed by atoms with Crippen molar-refractivity contribution in [1.29, 1.82) is 0 Å². The van der Waals surface area contributed by atoms with E-state index < -0.39 is 54.9 Å². The molecule has 2 bridgehead atoms. The van der Waals surface area contributed by atoms with Gasteiger partial charge in [-0.3, -0.25) is 33.7 Å². The summed E-state index contributed by atoms with van der Waals surface area (Å²) >= 11 is 0. The highest BCUT2D eigenvalue weighted by Crippen LogP contribution is 2.35. The van der Waals surface area contributed by atoms with E-state index in [4.69, 9.17) is 4.74 Å². The number of benzene rings is 2. The van der Waals surface area contributed by atoms with Crippen molar-refractivity contribution in [2.75, 3.05) is 31.1 Å². The van der Waals surface area contributed by atoms with Gasteiger partial charge in [-0.25, -0.2) is 0 Å². The van der Waals surface area contributed by atoms with Gasteiger partial charge in [0, 0.05) is 18.9 Å². The molecule has 0 saturated heterocycles. The summed E-state index contributed by atoms with van der Waals surface area (Å²) in [7, 11) is 0. The van der Waals surface area contributed by atoms with E-state index in [0.717, 1.165) is 24.8 Å². The predicted octanol–water partition coefficient (Wildman–Crippen LogP) is 0.443. The van der Waals surface area contributed by atoms with Crippen molar-refractivity contribution in [3.63, 3.8) is 0 Å². The molecule has 3 atom stereocenters. The van der Waals surface area contributed by atoms with E-state index in [0.29, 0.717) is 36.4 Å². The Labute approximate surface area is 261 Å². The first-order chi connectivity index (χ1) is 21.6. The molecule has 5 N–H and O–H groups in total. The molecule has 2 aromatic rings. The Bertz CT molecular complexity index is 1420. The predicted molar refractivity (Wildman–Crippen MR) is 163 cm³/mol. The van der Waals surface area contributed by atoms with Crippen molar-refractivity contribution in [2.24, 2.45) is 0 Å². The van der Waals surface area contributed by atoms with Crippen LogP contribution in [0.5, 0.6) is 5.75 Å². The number of nitrogens with one attached hydrogen (secondary N) is 4. The molecule has 240 valence electrons. The van der Waals surface area contributed by atoms with Crippen LogP contribution in [0.3, 0.4) is 0 Å². The van der Waals surface area contributed by atoms with E-state index in [-0.39, 0.29) is 24.7 Å². The lowest BCUT2D eigenvalue weighted by atomic mass is 10.0. The monoisotopic (exact) mass is 621 g/mol. The molecular formula is C32H39N5O8. The van der Waals surface area contributed by atoms with Gasteiger partial charge in [0.15, 0.2) is 5.78 Å². The molecule has 13 heteroatoms. The number of ether oxygens (including phenoxy) is 1. The van der Waals surface area contributed by atoms with E-state index in [1.54, 1.807) is 48.5 Å². The Morgan fingerprint density at radius 2 is 1.78 bits per heavy atom. The molecule has 0 radical (unpaired) electrons. The number of aliphatic hydroxyl groups excluding tert-OH is 1. The molecule has 2 heterocycles. The number of fused-ring (bicyclic) bond motifs is 1. The second-order valence-electron chi connectivity index (χ2n) is 11.1. The Hall–Kier alpha value is -4.78. The van der Waals surface area contributed by atoms with Crippen molar-refractivity contribution in [3.8, 4) is 5.75 Å². The molecule has 2 aliphatic rings. The Kier molecular flexibility index (Phi) is 11.6. The first-order valence-corrected chi connectivity index (χ1v) is 15.1. The molecule has 0 saturated carbocycles. The first kappa shape index (κ1) is 33.1. The fourth-order valence-corrected chi connectivity index (χ4v) is 5.27. The van der Waals surface area contributed by atoms with Crippen molar-refractivity contribution < 1.29 is 38.6 Å². The molecule has 0 aliphatic carbocycles. The minimum absolute atomic E-state index is 0.183. The summed E-state index contributed by atoms with van der Waals surface area (Å²) < 4.78 is 5.86. The molecule has 4 rings (SSSR count). The third-order valence-electron chi connectivity index (χ3n) is 7.66. The van der Waals surface area contributed by atoms with Crippen molar-refractivity contribution in [1.82, 2.24) is 21.3 Å². The standard InChI is InChI=1S/C32H39N5O8/c1-20(38)30(21-9-5-4-6-10-21)36-28(41)18-35-32(44)26(39)17-34-31(43)25-15-22-12-13-23-16-24(22)37(25)29(42)19-33-27(40)11-7-2-3-8-14-45-23/h4-6,9-10,12-13,16,25-26,30,39H,2-3,7-8,11,14-15,17-19H2,1H3,(H,33,40)(H,34,43)(H,35,44)(H,36,41). The van der Waals surface area contributed by atoms with Gasteiger partial charge in [-0.1, -0.05) is 49.2 Å². The zero-order valence-corrected chi connectivity index (χ0v) is 25.2. The van der Waals surface area contributed by atoms with Crippen molar-refractivity contribution in [2.45, 2.75) is 63.6 Å². The molecule has 3 unspecified atom stereocenters. The molecular weight excluding hydrogens is 582 g/mol. The molecule has 2 aliphatic heterocycles. The average molecular weight is 622 g/mol. The quantitative estimate of drug-likeness (QED) is 0.267. The van der Waals surface area contributed by atoms with Gasteiger partial charge in [-0.05, 0) is 37.0 Å². The first-order valence-electron chi connectivity index (χ1n) is 15.1. The van der Waals surface area contributed by atoms with Crippen LogP contribution in [0, 0.1) is 0 Å². The molecule has 0 aromatic heterocycles. The lowest BCUT2D eigenvalue weighted by Gasteiger charge is -2.25. The van der Waals surface area contributed by atoms with Crippen LogP contribution in [0.1, 0.15) is 56.2 Å². The minimum atomic E-state index is -1.69. The van der Waals surface area contributed by atoms with Gasteiger partial charge in [-0.2, -0.15) is 0 Å². The second-order valence-corrected chi connectivity index (χ2v) is 11.1. The van der Waals surface area contributed by atoms with E-state index in [1.807, 2.05) is 0 Å². The van der Waals surface area contributed by atoms with E-state index in [1.165, 1.54) is 11.8 Å². The number of nitrogens with zero attached hydrogens (tertiary/aromatic N) is 1. The van der Waals surface area contributed by atoms with Crippen molar-refractivity contribution in [3.05, 3.63) is 59.7 Å². The SMILES string of the molecule is CC(=O)C(NC(=O)CNC(=O)C(O)CNC(=O)C1Cc2ccc3cc2N1C(=O)CNC(=O)CCCCCCO3)c1ccccc1. The maximum Gasteiger partial charge on any atom is 0.251 e. The fraction of sp³-hybridized carbons (Fsp3) is 0.438. The number of hydrogen-bond acceptors (Lipinski definition) is 8.